The molecular weight excluding hydrogens is 328 g/mol. The van der Waals surface area contributed by atoms with Crippen LogP contribution >= 0.6 is 0 Å². The van der Waals surface area contributed by atoms with Gasteiger partial charge in [0.1, 0.15) is 0 Å². The van der Waals surface area contributed by atoms with Crippen molar-refractivity contribution in [3.8, 4) is 0 Å². The molecule has 2 saturated heterocycles. The van der Waals surface area contributed by atoms with E-state index in [-0.39, 0.29) is 0 Å². The van der Waals surface area contributed by atoms with Crippen molar-refractivity contribution in [3.63, 3.8) is 0 Å². The normalized spacial score (nSPS) is 31.4. The Morgan fingerprint density at radius 2 is 1.69 bits per heavy atom. The lowest BCUT2D eigenvalue weighted by Gasteiger charge is -2.48. The van der Waals surface area contributed by atoms with Gasteiger partial charge >= 0.3 is 0 Å². The van der Waals surface area contributed by atoms with E-state index < -0.39 is 0 Å². The van der Waals surface area contributed by atoms with E-state index in [1.807, 2.05) is 0 Å². The molecule has 0 aromatic heterocycles. The van der Waals surface area contributed by atoms with Crippen molar-refractivity contribution in [1.82, 2.24) is 9.80 Å². The van der Waals surface area contributed by atoms with E-state index in [1.54, 1.807) is 14.2 Å². The molecule has 0 spiro atoms. The molecule has 2 heterocycles. The van der Waals surface area contributed by atoms with Crippen LogP contribution in [0.15, 0.2) is 0 Å². The maximum atomic E-state index is 5.76. The Morgan fingerprint density at radius 1 is 0.885 bits per heavy atom. The molecule has 0 aromatic rings. The Labute approximate surface area is 161 Å². The molecule has 0 saturated carbocycles. The lowest BCUT2D eigenvalue weighted by molar-refractivity contribution is -0.00953. The van der Waals surface area contributed by atoms with Crippen molar-refractivity contribution >= 4 is 0 Å². The van der Waals surface area contributed by atoms with Crippen molar-refractivity contribution in [2.45, 2.75) is 45.6 Å². The van der Waals surface area contributed by atoms with E-state index in [4.69, 9.17) is 14.2 Å². The first-order valence-corrected chi connectivity index (χ1v) is 10.7. The van der Waals surface area contributed by atoms with Crippen molar-refractivity contribution in [2.24, 2.45) is 17.8 Å². The Hall–Kier alpha value is -0.200. The number of nitrogens with zero attached hydrogens (tertiary/aromatic N) is 2. The summed E-state index contributed by atoms with van der Waals surface area (Å²) in [6, 6.07) is 0.713. The summed E-state index contributed by atoms with van der Waals surface area (Å²) in [5, 5.41) is 0. The van der Waals surface area contributed by atoms with Crippen molar-refractivity contribution < 1.29 is 14.2 Å². The average Bonchev–Trinajstić information content (AvgIpc) is 2.64. The molecule has 0 radical (unpaired) electrons. The highest BCUT2D eigenvalue weighted by molar-refractivity contribution is 4.91. The van der Waals surface area contributed by atoms with Gasteiger partial charge in [0, 0.05) is 46.5 Å². The maximum Gasteiger partial charge on any atom is 0.0700 e. The van der Waals surface area contributed by atoms with Gasteiger partial charge in [0.25, 0.3) is 0 Å². The molecule has 4 atom stereocenters. The van der Waals surface area contributed by atoms with Crippen LogP contribution in [-0.2, 0) is 14.2 Å². The van der Waals surface area contributed by atoms with E-state index >= 15 is 0 Å². The third-order valence-corrected chi connectivity index (χ3v) is 6.39. The molecule has 2 fully saturated rings. The van der Waals surface area contributed by atoms with Crippen molar-refractivity contribution in [1.29, 1.82) is 0 Å². The second-order valence-corrected chi connectivity index (χ2v) is 8.41. The molecule has 26 heavy (non-hydrogen) atoms. The van der Waals surface area contributed by atoms with Crippen LogP contribution < -0.4 is 0 Å². The summed E-state index contributed by atoms with van der Waals surface area (Å²) < 4.78 is 16.1. The van der Waals surface area contributed by atoms with Crippen molar-refractivity contribution in [3.05, 3.63) is 0 Å². The molecule has 2 unspecified atom stereocenters. The fourth-order valence-corrected chi connectivity index (χ4v) is 4.69. The van der Waals surface area contributed by atoms with Crippen LogP contribution in [0.25, 0.3) is 0 Å². The monoisotopic (exact) mass is 370 g/mol. The summed E-state index contributed by atoms with van der Waals surface area (Å²) in [6.45, 7) is 14.0. The van der Waals surface area contributed by atoms with Gasteiger partial charge in [-0.15, -0.1) is 0 Å². The van der Waals surface area contributed by atoms with E-state index in [0.29, 0.717) is 19.3 Å². The second kappa shape index (κ2) is 12.3. The average molecular weight is 371 g/mol. The smallest absolute Gasteiger partial charge is 0.0700 e. The minimum atomic E-state index is 0.691. The first-order chi connectivity index (χ1) is 12.7. The molecular formula is C21H42N2O3. The Bertz CT molecular complexity index is 369. The second-order valence-electron chi connectivity index (χ2n) is 8.41. The molecule has 2 aliphatic rings. The molecule has 5 heteroatoms. The van der Waals surface area contributed by atoms with Crippen LogP contribution in [-0.4, -0.2) is 89.2 Å². The van der Waals surface area contributed by atoms with Crippen LogP contribution in [0.4, 0.5) is 0 Å². The lowest BCUT2D eigenvalue weighted by Crippen LogP contribution is -2.54. The summed E-state index contributed by atoms with van der Waals surface area (Å²) in [5.74, 6) is 2.45. The van der Waals surface area contributed by atoms with Crippen LogP contribution in [0.2, 0.25) is 0 Å². The van der Waals surface area contributed by atoms with Gasteiger partial charge in [-0.05, 0) is 56.5 Å². The molecule has 154 valence electrons. The Balaban J connectivity index is 1.88. The van der Waals surface area contributed by atoms with Gasteiger partial charge < -0.3 is 19.1 Å². The Morgan fingerprint density at radius 3 is 2.46 bits per heavy atom. The largest absolute Gasteiger partial charge is 0.385 e. The van der Waals surface area contributed by atoms with E-state index in [0.717, 1.165) is 43.9 Å². The first-order valence-electron chi connectivity index (χ1n) is 10.7. The molecule has 0 aliphatic carbocycles. The fraction of sp³-hybridized carbons (Fsp3) is 1.00. The number of ether oxygens (including phenoxy) is 3. The number of rotatable bonds is 11. The van der Waals surface area contributed by atoms with Gasteiger partial charge in [-0.3, -0.25) is 4.90 Å². The molecule has 0 bridgehead atoms. The Kier molecular flexibility index (Phi) is 10.4. The molecule has 0 aromatic carbocycles. The third kappa shape index (κ3) is 7.08. The summed E-state index contributed by atoms with van der Waals surface area (Å²) in [5.41, 5.74) is 0. The SMILES string of the molecule is COCCCN1CC[C@@H](C)C(C2C[C@@H](C)CCN2CCOCCOC)C1. The number of methoxy groups -OCH3 is 2. The van der Waals surface area contributed by atoms with Crippen LogP contribution in [0, 0.1) is 17.8 Å². The molecule has 0 N–H and O–H groups in total. The highest BCUT2D eigenvalue weighted by Gasteiger charge is 2.37. The highest BCUT2D eigenvalue weighted by Crippen LogP contribution is 2.35. The number of hydrogen-bond donors (Lipinski definition) is 0. The van der Waals surface area contributed by atoms with Crippen LogP contribution in [0.5, 0.6) is 0 Å². The predicted molar refractivity (Wildman–Crippen MR) is 107 cm³/mol. The third-order valence-electron chi connectivity index (χ3n) is 6.39. The minimum Gasteiger partial charge on any atom is -0.385 e. The zero-order valence-corrected chi connectivity index (χ0v) is 17.6. The van der Waals surface area contributed by atoms with Gasteiger partial charge in [0.15, 0.2) is 0 Å². The molecule has 2 rings (SSSR count). The van der Waals surface area contributed by atoms with Gasteiger partial charge in [-0.25, -0.2) is 0 Å². The zero-order valence-electron chi connectivity index (χ0n) is 17.6. The first kappa shape index (κ1) is 22.1. The van der Waals surface area contributed by atoms with Gasteiger partial charge in [-0.1, -0.05) is 13.8 Å². The van der Waals surface area contributed by atoms with Crippen LogP contribution in [0.3, 0.4) is 0 Å². The minimum absolute atomic E-state index is 0.691. The number of hydrogen-bond acceptors (Lipinski definition) is 5. The lowest BCUT2D eigenvalue weighted by atomic mass is 9.76. The van der Waals surface area contributed by atoms with E-state index in [2.05, 4.69) is 23.6 Å². The van der Waals surface area contributed by atoms with Gasteiger partial charge in [0.05, 0.1) is 19.8 Å². The standard InChI is InChI=1S/C21H42N2O3/c1-18-6-10-23(11-13-26-15-14-25-4)21(16-18)20-17-22(8-5-12-24-3)9-7-19(20)2/h18-21H,5-17H2,1-4H3/t18-,19+,20?,21?/m0/s1. The molecule has 5 nitrogen and oxygen atoms in total. The maximum absolute atomic E-state index is 5.76. The predicted octanol–water partition coefficient (Wildman–Crippen LogP) is 2.74. The van der Waals surface area contributed by atoms with Crippen LogP contribution in [0.1, 0.15) is 39.5 Å². The molecule has 2 aliphatic heterocycles. The van der Waals surface area contributed by atoms with Gasteiger partial charge in [-0.2, -0.15) is 0 Å². The quantitative estimate of drug-likeness (QED) is 0.523. The van der Waals surface area contributed by atoms with E-state index in [1.165, 1.54) is 45.4 Å². The topological polar surface area (TPSA) is 34.2 Å². The molecule has 0 amide bonds. The number of piperidine rings is 2. The van der Waals surface area contributed by atoms with Gasteiger partial charge in [0.2, 0.25) is 0 Å². The summed E-state index contributed by atoms with van der Waals surface area (Å²) in [7, 11) is 3.53. The van der Waals surface area contributed by atoms with E-state index in [9.17, 15) is 0 Å². The zero-order chi connectivity index (χ0) is 18.8. The van der Waals surface area contributed by atoms with Crippen molar-refractivity contribution in [2.75, 3.05) is 73.4 Å². The highest BCUT2D eigenvalue weighted by atomic mass is 16.5. The summed E-state index contributed by atoms with van der Waals surface area (Å²) in [6.07, 6.45) is 5.16. The summed E-state index contributed by atoms with van der Waals surface area (Å²) in [4.78, 5) is 5.41. The summed E-state index contributed by atoms with van der Waals surface area (Å²) >= 11 is 0. The fourth-order valence-electron chi connectivity index (χ4n) is 4.69. The number of likely N-dealkylation sites (tertiary alicyclic amines) is 2.